The predicted octanol–water partition coefficient (Wildman–Crippen LogP) is 1.80. The maximum absolute atomic E-state index is 12.2. The van der Waals surface area contributed by atoms with Crippen LogP contribution in [0.15, 0.2) is 24.3 Å². The Labute approximate surface area is 140 Å². The first-order valence-corrected chi connectivity index (χ1v) is 7.53. The third-order valence-corrected chi connectivity index (χ3v) is 3.40. The van der Waals surface area contributed by atoms with Crippen molar-refractivity contribution in [3.8, 4) is 11.4 Å². The van der Waals surface area contributed by atoms with Crippen molar-refractivity contribution in [3.05, 3.63) is 30.1 Å². The van der Waals surface area contributed by atoms with E-state index in [-0.39, 0.29) is 0 Å². The fourth-order valence-electron chi connectivity index (χ4n) is 2.22. The van der Waals surface area contributed by atoms with E-state index < -0.39 is 23.4 Å². The molecule has 0 fully saturated rings. The van der Waals surface area contributed by atoms with Crippen molar-refractivity contribution >= 4 is 17.6 Å². The molecule has 0 aliphatic carbocycles. The minimum absolute atomic E-state index is 0.485. The first kappa shape index (κ1) is 17.5. The van der Waals surface area contributed by atoms with Crippen LogP contribution in [-0.2, 0) is 4.79 Å². The number of carbonyl (C=O) groups is 2. The van der Waals surface area contributed by atoms with E-state index in [1.165, 1.54) is 0 Å². The first-order chi connectivity index (χ1) is 11.2. The number of H-pyrrole nitrogens is 1. The molecule has 1 aromatic heterocycles. The molecule has 0 bridgehead atoms. The molecule has 8 heteroatoms. The van der Waals surface area contributed by atoms with Gasteiger partial charge in [-0.3, -0.25) is 9.89 Å². The zero-order valence-electron chi connectivity index (χ0n) is 14.2. The third kappa shape index (κ3) is 4.31. The van der Waals surface area contributed by atoms with Gasteiger partial charge in [-0.15, -0.1) is 0 Å². The van der Waals surface area contributed by atoms with Crippen LogP contribution in [0.2, 0.25) is 0 Å². The molecular weight excluding hydrogens is 308 g/mol. The zero-order valence-corrected chi connectivity index (χ0v) is 14.2. The highest BCUT2D eigenvalue weighted by molar-refractivity contribution is 5.94. The van der Waals surface area contributed by atoms with Crippen molar-refractivity contribution in [1.82, 2.24) is 20.5 Å². The summed E-state index contributed by atoms with van der Waals surface area (Å²) in [5, 5.41) is 12.2. The molecule has 0 radical (unpaired) electrons. The molecule has 1 aromatic carbocycles. The molecule has 0 spiro atoms. The lowest BCUT2D eigenvalue weighted by Gasteiger charge is -2.28. The second-order valence-electron chi connectivity index (χ2n) is 6.63. The van der Waals surface area contributed by atoms with Crippen LogP contribution in [-0.4, -0.2) is 33.2 Å². The van der Waals surface area contributed by atoms with E-state index in [9.17, 15) is 9.59 Å². The van der Waals surface area contributed by atoms with Crippen molar-refractivity contribution in [2.75, 3.05) is 5.32 Å². The standard InChI is InChI=1S/C16H22N6O2/c1-9-18-14(22-21-9)10-6-5-7-11(8-10)19-15(24)20-12(13(17)23)16(2,3)4/h5-8,12H,1-4H3,(H2,17,23)(H,18,21,22)(H2,19,20,24)/t12-/m1/s1. The van der Waals surface area contributed by atoms with Gasteiger partial charge in [0.25, 0.3) is 0 Å². The summed E-state index contributed by atoms with van der Waals surface area (Å²) in [6.45, 7) is 7.29. The summed E-state index contributed by atoms with van der Waals surface area (Å²) in [5.74, 6) is 0.666. The van der Waals surface area contributed by atoms with E-state index in [1.54, 1.807) is 18.2 Å². The van der Waals surface area contributed by atoms with Gasteiger partial charge in [-0.2, -0.15) is 5.10 Å². The number of anilines is 1. The van der Waals surface area contributed by atoms with Crippen LogP contribution in [0.5, 0.6) is 0 Å². The molecular formula is C16H22N6O2. The first-order valence-electron chi connectivity index (χ1n) is 7.53. The van der Waals surface area contributed by atoms with Crippen LogP contribution in [0.3, 0.4) is 0 Å². The number of nitrogens with two attached hydrogens (primary N) is 1. The van der Waals surface area contributed by atoms with Crippen molar-refractivity contribution in [2.24, 2.45) is 11.1 Å². The Hall–Kier alpha value is -2.90. The minimum Gasteiger partial charge on any atom is -0.368 e. The zero-order chi connectivity index (χ0) is 17.9. The smallest absolute Gasteiger partial charge is 0.319 e. The molecule has 128 valence electrons. The fraction of sp³-hybridized carbons (Fsp3) is 0.375. The topological polar surface area (TPSA) is 126 Å². The number of amides is 3. The van der Waals surface area contributed by atoms with Gasteiger partial charge in [0.05, 0.1) is 0 Å². The van der Waals surface area contributed by atoms with E-state index in [0.29, 0.717) is 17.3 Å². The molecule has 8 nitrogen and oxygen atoms in total. The highest BCUT2D eigenvalue weighted by atomic mass is 16.2. The summed E-state index contributed by atoms with van der Waals surface area (Å²) < 4.78 is 0. The van der Waals surface area contributed by atoms with Crippen molar-refractivity contribution in [1.29, 1.82) is 0 Å². The maximum atomic E-state index is 12.2. The van der Waals surface area contributed by atoms with Crippen LogP contribution >= 0.6 is 0 Å². The highest BCUT2D eigenvalue weighted by Crippen LogP contribution is 2.21. The monoisotopic (exact) mass is 330 g/mol. The number of rotatable bonds is 4. The Morgan fingerprint density at radius 3 is 2.54 bits per heavy atom. The second kappa shape index (κ2) is 6.69. The largest absolute Gasteiger partial charge is 0.368 e. The van der Waals surface area contributed by atoms with Crippen LogP contribution in [0, 0.1) is 12.3 Å². The Morgan fingerprint density at radius 2 is 2.00 bits per heavy atom. The summed E-state index contributed by atoms with van der Waals surface area (Å²) in [4.78, 5) is 27.9. The van der Waals surface area contributed by atoms with Gasteiger partial charge in [-0.1, -0.05) is 32.9 Å². The van der Waals surface area contributed by atoms with Crippen LogP contribution in [0.25, 0.3) is 11.4 Å². The molecule has 24 heavy (non-hydrogen) atoms. The number of primary amides is 1. The lowest BCUT2D eigenvalue weighted by atomic mass is 9.86. The summed E-state index contributed by atoms with van der Waals surface area (Å²) >= 11 is 0. The van der Waals surface area contributed by atoms with Crippen LogP contribution in [0.1, 0.15) is 26.6 Å². The summed E-state index contributed by atoms with van der Waals surface area (Å²) in [6, 6.07) is 5.82. The lowest BCUT2D eigenvalue weighted by molar-refractivity contribution is -0.122. The lowest BCUT2D eigenvalue weighted by Crippen LogP contribution is -2.53. The number of carbonyl (C=O) groups excluding carboxylic acids is 2. The van der Waals surface area contributed by atoms with Gasteiger partial charge in [0.15, 0.2) is 5.82 Å². The number of aryl methyl sites for hydroxylation is 1. The highest BCUT2D eigenvalue weighted by Gasteiger charge is 2.31. The number of benzene rings is 1. The van der Waals surface area contributed by atoms with Crippen molar-refractivity contribution < 1.29 is 9.59 Å². The van der Waals surface area contributed by atoms with Gasteiger partial charge in [0.2, 0.25) is 5.91 Å². The second-order valence-corrected chi connectivity index (χ2v) is 6.63. The minimum atomic E-state index is -0.781. The number of aromatic amines is 1. The quantitative estimate of drug-likeness (QED) is 0.682. The summed E-state index contributed by atoms with van der Waals surface area (Å²) in [5.41, 5.74) is 6.20. The van der Waals surface area contributed by atoms with Gasteiger partial charge in [0.1, 0.15) is 11.9 Å². The molecule has 2 rings (SSSR count). The van der Waals surface area contributed by atoms with Gasteiger partial charge >= 0.3 is 6.03 Å². The van der Waals surface area contributed by atoms with E-state index in [4.69, 9.17) is 5.73 Å². The molecule has 0 saturated carbocycles. The molecule has 3 amide bonds. The maximum Gasteiger partial charge on any atom is 0.319 e. The molecule has 1 heterocycles. The summed E-state index contributed by atoms with van der Waals surface area (Å²) in [7, 11) is 0. The molecule has 5 N–H and O–H groups in total. The fourth-order valence-corrected chi connectivity index (χ4v) is 2.22. The summed E-state index contributed by atoms with van der Waals surface area (Å²) in [6.07, 6.45) is 0. The number of urea groups is 1. The Morgan fingerprint density at radius 1 is 1.29 bits per heavy atom. The molecule has 0 saturated heterocycles. The number of hydrogen-bond donors (Lipinski definition) is 4. The van der Waals surface area contributed by atoms with Crippen LogP contribution < -0.4 is 16.4 Å². The molecule has 2 aromatic rings. The Kier molecular flexibility index (Phi) is 4.87. The number of nitrogens with zero attached hydrogens (tertiary/aromatic N) is 2. The molecule has 0 unspecified atom stereocenters. The van der Waals surface area contributed by atoms with Gasteiger partial charge in [0, 0.05) is 11.3 Å². The average Bonchev–Trinajstić information content (AvgIpc) is 2.90. The van der Waals surface area contributed by atoms with E-state index in [1.807, 2.05) is 33.8 Å². The Balaban J connectivity index is 2.11. The number of aromatic nitrogens is 3. The van der Waals surface area contributed by atoms with Gasteiger partial charge in [-0.05, 0) is 24.5 Å². The third-order valence-electron chi connectivity index (χ3n) is 3.40. The molecule has 0 aliphatic rings. The van der Waals surface area contributed by atoms with Crippen molar-refractivity contribution in [3.63, 3.8) is 0 Å². The Bertz CT molecular complexity index is 747. The van der Waals surface area contributed by atoms with Crippen molar-refractivity contribution in [2.45, 2.75) is 33.7 Å². The van der Waals surface area contributed by atoms with E-state index >= 15 is 0 Å². The van der Waals surface area contributed by atoms with E-state index in [0.717, 1.165) is 5.56 Å². The normalized spacial score (nSPS) is 12.5. The number of hydrogen-bond acceptors (Lipinski definition) is 4. The molecule has 0 aliphatic heterocycles. The van der Waals surface area contributed by atoms with Crippen LogP contribution in [0.4, 0.5) is 10.5 Å². The van der Waals surface area contributed by atoms with Gasteiger partial charge in [-0.25, -0.2) is 9.78 Å². The SMILES string of the molecule is Cc1nc(-c2cccc(NC(=O)N[C@H](C(N)=O)C(C)(C)C)c2)n[nH]1. The number of nitrogens with one attached hydrogen (secondary N) is 3. The predicted molar refractivity (Wildman–Crippen MR) is 91.1 cm³/mol. The average molecular weight is 330 g/mol. The van der Waals surface area contributed by atoms with E-state index in [2.05, 4.69) is 25.8 Å². The molecule has 1 atom stereocenters. The van der Waals surface area contributed by atoms with Gasteiger partial charge < -0.3 is 16.4 Å².